The van der Waals surface area contributed by atoms with Crippen LogP contribution in [0.3, 0.4) is 0 Å². The Kier molecular flexibility index (Phi) is 6.40. The first-order valence-electron chi connectivity index (χ1n) is 6.02. The van der Waals surface area contributed by atoms with Crippen LogP contribution in [0.25, 0.3) is 0 Å². The number of nitrogens with zero attached hydrogens (tertiary/aromatic N) is 1. The summed E-state index contributed by atoms with van der Waals surface area (Å²) in [5.41, 5.74) is 2.37. The molecule has 0 aliphatic heterocycles. The molecule has 3 N–H and O–H groups in total. The van der Waals surface area contributed by atoms with Gasteiger partial charge in [-0.2, -0.15) is 13.2 Å². The Balaban J connectivity index is 2.46. The van der Waals surface area contributed by atoms with Gasteiger partial charge in [0.1, 0.15) is 12.8 Å². The Morgan fingerprint density at radius 2 is 2.00 bits per heavy atom. The van der Waals surface area contributed by atoms with Crippen molar-refractivity contribution in [1.82, 2.24) is 15.8 Å². The maximum Gasteiger partial charge on any atom is 0.474 e. The third-order valence-electron chi connectivity index (χ3n) is 2.50. The molecule has 1 atom stereocenters. The first-order chi connectivity index (χ1) is 9.84. The number of carbonyl (C=O) groups is 1. The standard InChI is InChI=1S/C12H16F3N3O3/c1-9(10-5-3-2-4-6-10)21-11(20)16-7-18(17-8-19)12(13,14)15/h2-6,9,17,19H,7-8H2,1H3,(H,16,20)/t9-/m1/s1. The van der Waals surface area contributed by atoms with Crippen molar-refractivity contribution in [1.29, 1.82) is 0 Å². The molecule has 1 amide bonds. The van der Waals surface area contributed by atoms with Crippen molar-refractivity contribution in [2.75, 3.05) is 13.4 Å². The Morgan fingerprint density at radius 3 is 2.52 bits per heavy atom. The summed E-state index contributed by atoms with van der Waals surface area (Å²) in [4.78, 5) is 11.4. The van der Waals surface area contributed by atoms with E-state index in [2.05, 4.69) is 0 Å². The van der Waals surface area contributed by atoms with E-state index in [1.165, 1.54) is 0 Å². The van der Waals surface area contributed by atoms with Gasteiger partial charge < -0.3 is 15.2 Å². The third-order valence-corrected chi connectivity index (χ3v) is 2.50. The highest BCUT2D eigenvalue weighted by molar-refractivity contribution is 5.67. The predicted molar refractivity (Wildman–Crippen MR) is 67.5 cm³/mol. The number of amides is 1. The normalized spacial score (nSPS) is 13.0. The highest BCUT2D eigenvalue weighted by Crippen LogP contribution is 2.18. The number of benzene rings is 1. The van der Waals surface area contributed by atoms with Crippen molar-refractivity contribution in [3.05, 3.63) is 35.9 Å². The van der Waals surface area contributed by atoms with E-state index in [1.807, 2.05) is 5.32 Å². The molecule has 1 rings (SSSR count). The molecule has 0 unspecified atom stereocenters. The lowest BCUT2D eigenvalue weighted by Crippen LogP contribution is -2.53. The van der Waals surface area contributed by atoms with Crippen molar-refractivity contribution in [2.45, 2.75) is 19.3 Å². The van der Waals surface area contributed by atoms with Gasteiger partial charge >= 0.3 is 12.4 Å². The van der Waals surface area contributed by atoms with Crippen LogP contribution in [0.4, 0.5) is 18.0 Å². The van der Waals surface area contributed by atoms with E-state index in [9.17, 15) is 18.0 Å². The number of aliphatic hydroxyl groups excluding tert-OH is 1. The van der Waals surface area contributed by atoms with Crippen LogP contribution in [0.5, 0.6) is 0 Å². The summed E-state index contributed by atoms with van der Waals surface area (Å²) in [6.07, 6.45) is -6.35. The van der Waals surface area contributed by atoms with Crippen LogP contribution < -0.4 is 10.7 Å². The number of carbonyl (C=O) groups excluding carboxylic acids is 1. The molecule has 0 aliphatic rings. The van der Waals surface area contributed by atoms with Gasteiger partial charge in [-0.1, -0.05) is 30.3 Å². The van der Waals surface area contributed by atoms with Gasteiger partial charge in [0.15, 0.2) is 0 Å². The maximum absolute atomic E-state index is 12.4. The van der Waals surface area contributed by atoms with E-state index in [1.54, 1.807) is 42.7 Å². The van der Waals surface area contributed by atoms with Gasteiger partial charge in [-0.3, -0.25) is 0 Å². The number of alkyl carbamates (subject to hydrolysis) is 1. The zero-order valence-electron chi connectivity index (χ0n) is 11.2. The smallest absolute Gasteiger partial charge is 0.442 e. The molecule has 6 nitrogen and oxygen atoms in total. The monoisotopic (exact) mass is 307 g/mol. The summed E-state index contributed by atoms with van der Waals surface area (Å²) >= 11 is 0. The number of hydrogen-bond donors (Lipinski definition) is 3. The fourth-order valence-electron chi connectivity index (χ4n) is 1.46. The number of hydrazine groups is 1. The van der Waals surface area contributed by atoms with Crippen molar-refractivity contribution in [2.24, 2.45) is 0 Å². The number of halogens is 3. The van der Waals surface area contributed by atoms with Gasteiger partial charge in [0.05, 0.1) is 6.67 Å². The second-order valence-corrected chi connectivity index (χ2v) is 4.01. The van der Waals surface area contributed by atoms with Crippen LogP contribution >= 0.6 is 0 Å². The van der Waals surface area contributed by atoms with Crippen LogP contribution in [0.2, 0.25) is 0 Å². The van der Waals surface area contributed by atoms with E-state index in [0.717, 1.165) is 0 Å². The summed E-state index contributed by atoms with van der Waals surface area (Å²) in [6.45, 7) is -0.219. The average molecular weight is 307 g/mol. The van der Waals surface area contributed by atoms with Crippen LogP contribution in [-0.2, 0) is 4.74 Å². The molecule has 0 aliphatic carbocycles. The first-order valence-corrected chi connectivity index (χ1v) is 6.02. The molecule has 0 saturated carbocycles. The van der Waals surface area contributed by atoms with E-state index >= 15 is 0 Å². The van der Waals surface area contributed by atoms with Crippen molar-refractivity contribution < 1.29 is 27.8 Å². The number of rotatable bonds is 6. The minimum absolute atomic E-state index is 0.276. The van der Waals surface area contributed by atoms with E-state index in [4.69, 9.17) is 9.84 Å². The molecule has 9 heteroatoms. The lowest BCUT2D eigenvalue weighted by molar-refractivity contribution is -0.269. The molecule has 118 valence electrons. The van der Waals surface area contributed by atoms with E-state index < -0.39 is 31.9 Å². The van der Waals surface area contributed by atoms with Gasteiger partial charge in [-0.05, 0) is 12.5 Å². The quantitative estimate of drug-likeness (QED) is 0.424. The summed E-state index contributed by atoms with van der Waals surface area (Å²) in [5.74, 6) is 0. The Hall–Kier alpha value is -1.84. The summed E-state index contributed by atoms with van der Waals surface area (Å²) in [7, 11) is 0. The Bertz CT molecular complexity index is 442. The molecule has 0 spiro atoms. The molecule has 0 fully saturated rings. The number of hydrogen-bond acceptors (Lipinski definition) is 5. The van der Waals surface area contributed by atoms with Crippen LogP contribution in [0.1, 0.15) is 18.6 Å². The molecule has 0 aromatic heterocycles. The third kappa shape index (κ3) is 5.98. The highest BCUT2D eigenvalue weighted by Gasteiger charge is 2.37. The molecule has 0 radical (unpaired) electrons. The van der Waals surface area contributed by atoms with Crippen molar-refractivity contribution >= 4 is 6.09 Å². The zero-order chi connectivity index (χ0) is 15.9. The van der Waals surface area contributed by atoms with Gasteiger partial charge in [-0.25, -0.2) is 10.2 Å². The lowest BCUT2D eigenvalue weighted by Gasteiger charge is -2.24. The number of ether oxygens (including phenoxy) is 1. The molecule has 0 bridgehead atoms. The van der Waals surface area contributed by atoms with Crippen LogP contribution in [0, 0.1) is 0 Å². The number of aliphatic hydroxyl groups is 1. The lowest BCUT2D eigenvalue weighted by atomic mass is 10.1. The topological polar surface area (TPSA) is 73.8 Å². The SMILES string of the molecule is C[C@@H](OC(=O)NCN(NCO)C(F)(F)F)c1ccccc1. The number of alkyl halides is 3. The molecule has 1 aromatic carbocycles. The fourth-order valence-corrected chi connectivity index (χ4v) is 1.46. The molecule has 21 heavy (non-hydrogen) atoms. The van der Waals surface area contributed by atoms with E-state index in [0.29, 0.717) is 5.56 Å². The van der Waals surface area contributed by atoms with Crippen LogP contribution in [-0.4, -0.2) is 35.9 Å². The van der Waals surface area contributed by atoms with Gasteiger partial charge in [0.2, 0.25) is 0 Å². The molecular weight excluding hydrogens is 291 g/mol. The van der Waals surface area contributed by atoms with E-state index in [-0.39, 0.29) is 5.01 Å². The summed E-state index contributed by atoms with van der Waals surface area (Å²) in [6, 6.07) is 8.76. The largest absolute Gasteiger partial charge is 0.474 e. The maximum atomic E-state index is 12.4. The van der Waals surface area contributed by atoms with Gasteiger partial charge in [0.25, 0.3) is 0 Å². The Labute approximate surface area is 119 Å². The van der Waals surface area contributed by atoms with Gasteiger partial charge in [-0.15, -0.1) is 5.01 Å². The molecule has 0 saturated heterocycles. The average Bonchev–Trinajstić information content (AvgIpc) is 2.43. The molecule has 1 aromatic rings. The Morgan fingerprint density at radius 1 is 1.38 bits per heavy atom. The zero-order valence-corrected chi connectivity index (χ0v) is 11.2. The minimum Gasteiger partial charge on any atom is -0.442 e. The second-order valence-electron chi connectivity index (χ2n) is 4.01. The highest BCUT2D eigenvalue weighted by atomic mass is 19.4. The summed E-state index contributed by atoms with van der Waals surface area (Å²) < 4.78 is 42.3. The minimum atomic E-state index is -4.75. The second kappa shape index (κ2) is 7.81. The van der Waals surface area contributed by atoms with Crippen molar-refractivity contribution in [3.63, 3.8) is 0 Å². The van der Waals surface area contributed by atoms with Gasteiger partial charge in [0, 0.05) is 0 Å². The van der Waals surface area contributed by atoms with Crippen molar-refractivity contribution in [3.8, 4) is 0 Å². The molecule has 0 heterocycles. The fraction of sp³-hybridized carbons (Fsp3) is 0.417. The predicted octanol–water partition coefficient (Wildman–Crippen LogP) is 1.71. The van der Waals surface area contributed by atoms with Crippen LogP contribution in [0.15, 0.2) is 30.3 Å². The first kappa shape index (κ1) is 17.2. The molecular formula is C12H16F3N3O3. The number of nitrogens with one attached hydrogen (secondary N) is 2. The summed E-state index contributed by atoms with van der Waals surface area (Å²) in [5, 5.41) is 10.1.